The summed E-state index contributed by atoms with van der Waals surface area (Å²) in [5.74, 6) is -0.0296. The molecular formula is C18H26FN3O. The number of hydrogen-bond acceptors (Lipinski definition) is 3. The molecule has 0 N–H and O–H groups in total. The number of piperazine rings is 2. The number of hydrogen-bond donors (Lipinski definition) is 0. The maximum absolute atomic E-state index is 13.0. The molecule has 23 heavy (non-hydrogen) atoms. The molecule has 3 rings (SSSR count). The van der Waals surface area contributed by atoms with Crippen LogP contribution in [0.15, 0.2) is 24.3 Å². The second-order valence-corrected chi connectivity index (χ2v) is 7.42. The van der Waals surface area contributed by atoms with Gasteiger partial charge in [-0.3, -0.25) is 14.6 Å². The van der Waals surface area contributed by atoms with Crippen molar-refractivity contribution in [1.29, 1.82) is 0 Å². The van der Waals surface area contributed by atoms with Crippen molar-refractivity contribution in [3.05, 3.63) is 35.6 Å². The van der Waals surface area contributed by atoms with Crippen molar-refractivity contribution in [3.8, 4) is 0 Å². The minimum atomic E-state index is -0.190. The van der Waals surface area contributed by atoms with Crippen LogP contribution in [0, 0.1) is 5.82 Å². The average Bonchev–Trinajstić information content (AvgIpc) is 2.48. The van der Waals surface area contributed by atoms with Crippen LogP contribution in [-0.4, -0.2) is 64.9 Å². The Bertz CT molecular complexity index is 572. The Balaban J connectivity index is 1.68. The molecule has 1 aromatic rings. The van der Waals surface area contributed by atoms with E-state index in [1.54, 1.807) is 6.92 Å². The van der Waals surface area contributed by atoms with Gasteiger partial charge in [0, 0.05) is 57.8 Å². The second kappa shape index (κ2) is 6.21. The lowest BCUT2D eigenvalue weighted by atomic mass is 9.92. The lowest BCUT2D eigenvalue weighted by Crippen LogP contribution is -2.70. The molecule has 0 radical (unpaired) electrons. The number of rotatable bonds is 2. The van der Waals surface area contributed by atoms with Gasteiger partial charge >= 0.3 is 0 Å². The summed E-state index contributed by atoms with van der Waals surface area (Å²) in [7, 11) is 0. The lowest BCUT2D eigenvalue weighted by Gasteiger charge is -2.55. The van der Waals surface area contributed by atoms with Crippen molar-refractivity contribution in [2.75, 3.05) is 32.7 Å². The van der Waals surface area contributed by atoms with E-state index in [-0.39, 0.29) is 17.3 Å². The smallest absolute Gasteiger partial charge is 0.219 e. The predicted molar refractivity (Wildman–Crippen MR) is 88.5 cm³/mol. The fourth-order valence-corrected chi connectivity index (χ4v) is 3.98. The first-order valence-electron chi connectivity index (χ1n) is 8.34. The van der Waals surface area contributed by atoms with Crippen molar-refractivity contribution in [3.63, 3.8) is 0 Å². The summed E-state index contributed by atoms with van der Waals surface area (Å²) in [5.41, 5.74) is 1.16. The van der Waals surface area contributed by atoms with Gasteiger partial charge in [0.15, 0.2) is 0 Å². The number of nitrogens with zero attached hydrogens (tertiary/aromatic N) is 3. The molecule has 2 aliphatic heterocycles. The van der Waals surface area contributed by atoms with Gasteiger partial charge in [0.05, 0.1) is 0 Å². The van der Waals surface area contributed by atoms with Crippen LogP contribution in [0.4, 0.5) is 4.39 Å². The molecule has 1 atom stereocenters. The van der Waals surface area contributed by atoms with E-state index in [9.17, 15) is 9.18 Å². The van der Waals surface area contributed by atoms with Crippen LogP contribution < -0.4 is 0 Å². The van der Waals surface area contributed by atoms with Crippen LogP contribution >= 0.6 is 0 Å². The third-order valence-corrected chi connectivity index (χ3v) is 5.12. The summed E-state index contributed by atoms with van der Waals surface area (Å²) in [4.78, 5) is 18.8. The Labute approximate surface area is 137 Å². The van der Waals surface area contributed by atoms with Gasteiger partial charge in [-0.15, -0.1) is 0 Å². The highest BCUT2D eigenvalue weighted by Crippen LogP contribution is 2.28. The number of benzene rings is 1. The van der Waals surface area contributed by atoms with Crippen LogP contribution in [0.2, 0.25) is 0 Å². The molecule has 1 unspecified atom stereocenters. The molecule has 126 valence electrons. The summed E-state index contributed by atoms with van der Waals surface area (Å²) in [5, 5.41) is 0. The molecule has 1 aromatic carbocycles. The molecule has 2 heterocycles. The van der Waals surface area contributed by atoms with E-state index in [1.807, 2.05) is 17.0 Å². The van der Waals surface area contributed by atoms with Crippen LogP contribution in [0.25, 0.3) is 0 Å². The normalized spacial score (nSPS) is 25.2. The van der Waals surface area contributed by atoms with Crippen molar-refractivity contribution in [1.82, 2.24) is 14.7 Å². The summed E-state index contributed by atoms with van der Waals surface area (Å²) >= 11 is 0. The molecule has 5 heteroatoms. The SMILES string of the molecule is CC(=O)N1CC2CN(Cc3ccc(F)cc3)CCN2C(C)(C)C1. The van der Waals surface area contributed by atoms with Crippen LogP contribution in [0.5, 0.6) is 0 Å². The zero-order chi connectivity index (χ0) is 16.6. The van der Waals surface area contributed by atoms with E-state index in [4.69, 9.17) is 0 Å². The first kappa shape index (κ1) is 16.4. The van der Waals surface area contributed by atoms with Crippen molar-refractivity contribution >= 4 is 5.91 Å². The monoisotopic (exact) mass is 319 g/mol. The number of halogens is 1. The molecule has 2 aliphatic rings. The minimum absolute atomic E-state index is 0.0244. The Morgan fingerprint density at radius 3 is 2.57 bits per heavy atom. The highest BCUT2D eigenvalue weighted by atomic mass is 19.1. The Morgan fingerprint density at radius 2 is 1.91 bits per heavy atom. The Kier molecular flexibility index (Phi) is 4.43. The van der Waals surface area contributed by atoms with Gasteiger partial charge in [0.1, 0.15) is 5.82 Å². The first-order chi connectivity index (χ1) is 10.8. The number of carbonyl (C=O) groups is 1. The lowest BCUT2D eigenvalue weighted by molar-refractivity contribution is -0.139. The van der Waals surface area contributed by atoms with E-state index in [0.717, 1.165) is 44.8 Å². The number of carbonyl (C=O) groups excluding carboxylic acids is 1. The van der Waals surface area contributed by atoms with E-state index in [1.165, 1.54) is 12.1 Å². The van der Waals surface area contributed by atoms with Crippen molar-refractivity contribution < 1.29 is 9.18 Å². The van der Waals surface area contributed by atoms with Crippen LogP contribution in [-0.2, 0) is 11.3 Å². The molecule has 0 saturated carbocycles. The van der Waals surface area contributed by atoms with Gasteiger partial charge < -0.3 is 4.90 Å². The van der Waals surface area contributed by atoms with Gasteiger partial charge in [-0.1, -0.05) is 12.1 Å². The first-order valence-corrected chi connectivity index (χ1v) is 8.34. The van der Waals surface area contributed by atoms with E-state index >= 15 is 0 Å². The standard InChI is InChI=1S/C18H26FN3O/c1-14(23)21-12-17-11-20(8-9-22(17)18(2,3)13-21)10-15-4-6-16(19)7-5-15/h4-7,17H,8-13H2,1-3H3. The fraction of sp³-hybridized carbons (Fsp3) is 0.611. The van der Waals surface area contributed by atoms with E-state index in [0.29, 0.717) is 6.04 Å². The van der Waals surface area contributed by atoms with Crippen LogP contribution in [0.3, 0.4) is 0 Å². The molecule has 0 aromatic heterocycles. The largest absolute Gasteiger partial charge is 0.339 e. The summed E-state index contributed by atoms with van der Waals surface area (Å²) in [6.07, 6.45) is 0. The fourth-order valence-electron chi connectivity index (χ4n) is 3.98. The van der Waals surface area contributed by atoms with Gasteiger partial charge in [-0.05, 0) is 31.5 Å². The summed E-state index contributed by atoms with van der Waals surface area (Å²) in [6, 6.07) is 7.12. The highest BCUT2D eigenvalue weighted by Gasteiger charge is 2.43. The van der Waals surface area contributed by atoms with Crippen LogP contribution in [0.1, 0.15) is 26.3 Å². The van der Waals surface area contributed by atoms with Gasteiger partial charge in [-0.25, -0.2) is 4.39 Å². The van der Waals surface area contributed by atoms with Gasteiger partial charge in [0.2, 0.25) is 5.91 Å². The molecule has 0 bridgehead atoms. The molecule has 2 fully saturated rings. The Hall–Kier alpha value is -1.46. The molecule has 0 spiro atoms. The van der Waals surface area contributed by atoms with Crippen molar-refractivity contribution in [2.24, 2.45) is 0 Å². The number of amides is 1. The van der Waals surface area contributed by atoms with E-state index < -0.39 is 0 Å². The Morgan fingerprint density at radius 1 is 1.22 bits per heavy atom. The average molecular weight is 319 g/mol. The zero-order valence-corrected chi connectivity index (χ0v) is 14.3. The topological polar surface area (TPSA) is 26.8 Å². The minimum Gasteiger partial charge on any atom is -0.339 e. The zero-order valence-electron chi connectivity index (χ0n) is 14.3. The predicted octanol–water partition coefficient (Wildman–Crippen LogP) is 1.95. The molecule has 0 aliphatic carbocycles. The van der Waals surface area contributed by atoms with Crippen molar-refractivity contribution in [2.45, 2.75) is 38.9 Å². The second-order valence-electron chi connectivity index (χ2n) is 7.42. The maximum atomic E-state index is 13.0. The van der Waals surface area contributed by atoms with Gasteiger partial charge in [-0.2, -0.15) is 0 Å². The van der Waals surface area contributed by atoms with E-state index in [2.05, 4.69) is 23.6 Å². The molecule has 4 nitrogen and oxygen atoms in total. The number of fused-ring (bicyclic) bond motifs is 1. The third kappa shape index (κ3) is 3.56. The quantitative estimate of drug-likeness (QED) is 0.834. The summed E-state index contributed by atoms with van der Waals surface area (Å²) < 4.78 is 13.0. The maximum Gasteiger partial charge on any atom is 0.219 e. The molecule has 2 saturated heterocycles. The summed E-state index contributed by atoms with van der Waals surface area (Å²) in [6.45, 7) is 11.5. The molecular weight excluding hydrogens is 293 g/mol. The third-order valence-electron chi connectivity index (χ3n) is 5.12. The highest BCUT2D eigenvalue weighted by molar-refractivity contribution is 5.73. The van der Waals surface area contributed by atoms with Gasteiger partial charge in [0.25, 0.3) is 0 Å². The molecule has 1 amide bonds.